The van der Waals surface area contributed by atoms with Gasteiger partial charge in [0.2, 0.25) is 0 Å². The van der Waals surface area contributed by atoms with Crippen molar-refractivity contribution in [1.82, 2.24) is 20.4 Å². The number of nitrogen functional groups attached to an aromatic ring is 1. The van der Waals surface area contributed by atoms with Crippen molar-refractivity contribution < 1.29 is 14.3 Å². The molecule has 8 heteroatoms. The van der Waals surface area contributed by atoms with Crippen LogP contribution in [-0.4, -0.2) is 40.5 Å². The first-order valence-corrected chi connectivity index (χ1v) is 6.73. The number of anilines is 1. The van der Waals surface area contributed by atoms with Crippen LogP contribution < -0.4 is 16.4 Å². The molecule has 2 amide bonds. The first-order valence-electron chi connectivity index (χ1n) is 6.73. The van der Waals surface area contributed by atoms with E-state index in [-0.39, 0.29) is 11.6 Å². The molecule has 0 aliphatic heterocycles. The highest BCUT2D eigenvalue weighted by Crippen LogP contribution is 2.07. The Morgan fingerprint density at radius 3 is 2.48 bits per heavy atom. The molecular formula is C13H23N5O3. The van der Waals surface area contributed by atoms with E-state index in [0.717, 1.165) is 0 Å². The maximum absolute atomic E-state index is 11.8. The maximum atomic E-state index is 11.8. The minimum atomic E-state index is -0.519. The van der Waals surface area contributed by atoms with Crippen molar-refractivity contribution in [2.45, 2.75) is 32.8 Å². The highest BCUT2D eigenvalue weighted by Gasteiger charge is 2.16. The zero-order valence-corrected chi connectivity index (χ0v) is 12.9. The van der Waals surface area contributed by atoms with Crippen LogP contribution in [0.1, 0.15) is 37.7 Å². The van der Waals surface area contributed by atoms with Crippen molar-refractivity contribution in [3.63, 3.8) is 0 Å². The van der Waals surface area contributed by atoms with Gasteiger partial charge in [-0.05, 0) is 27.2 Å². The monoisotopic (exact) mass is 297 g/mol. The molecule has 1 aromatic heterocycles. The van der Waals surface area contributed by atoms with Crippen molar-refractivity contribution in [2.24, 2.45) is 7.05 Å². The second-order valence-electron chi connectivity index (χ2n) is 5.64. The van der Waals surface area contributed by atoms with Gasteiger partial charge in [-0.3, -0.25) is 9.48 Å². The van der Waals surface area contributed by atoms with Crippen LogP contribution in [-0.2, 0) is 11.8 Å². The van der Waals surface area contributed by atoms with Crippen LogP contribution in [0.5, 0.6) is 0 Å². The van der Waals surface area contributed by atoms with Gasteiger partial charge >= 0.3 is 6.09 Å². The summed E-state index contributed by atoms with van der Waals surface area (Å²) in [6.45, 7) is 6.20. The normalized spacial score (nSPS) is 11.0. The molecule has 0 atom stereocenters. The molecule has 0 aliphatic rings. The fourth-order valence-electron chi connectivity index (χ4n) is 1.56. The molecule has 4 N–H and O–H groups in total. The summed E-state index contributed by atoms with van der Waals surface area (Å²) >= 11 is 0. The molecule has 1 rings (SSSR count). The molecule has 1 heterocycles. The quantitative estimate of drug-likeness (QED) is 0.691. The number of alkyl carbamates (subject to hydrolysis) is 1. The molecule has 118 valence electrons. The lowest BCUT2D eigenvalue weighted by Gasteiger charge is -2.19. The van der Waals surface area contributed by atoms with E-state index in [4.69, 9.17) is 10.5 Å². The average molecular weight is 297 g/mol. The Labute approximate surface area is 124 Å². The minimum Gasteiger partial charge on any atom is -0.444 e. The molecule has 0 unspecified atom stereocenters. The molecule has 0 bridgehead atoms. The van der Waals surface area contributed by atoms with Crippen LogP contribution in [0.3, 0.4) is 0 Å². The molecule has 8 nitrogen and oxygen atoms in total. The van der Waals surface area contributed by atoms with Gasteiger partial charge in [0.25, 0.3) is 5.91 Å². The Hall–Kier alpha value is -2.25. The van der Waals surface area contributed by atoms with Crippen molar-refractivity contribution in [3.8, 4) is 0 Å². The van der Waals surface area contributed by atoms with Gasteiger partial charge in [-0.25, -0.2) is 4.79 Å². The summed E-state index contributed by atoms with van der Waals surface area (Å²) < 4.78 is 6.57. The maximum Gasteiger partial charge on any atom is 0.407 e. The lowest BCUT2D eigenvalue weighted by atomic mass is 10.2. The lowest BCUT2D eigenvalue weighted by Crippen LogP contribution is -2.34. The molecule has 0 radical (unpaired) electrons. The second kappa shape index (κ2) is 6.96. The van der Waals surface area contributed by atoms with Crippen LogP contribution in [0.2, 0.25) is 0 Å². The van der Waals surface area contributed by atoms with Gasteiger partial charge in [-0.2, -0.15) is 5.10 Å². The molecule has 21 heavy (non-hydrogen) atoms. The number of aromatic nitrogens is 2. The van der Waals surface area contributed by atoms with E-state index < -0.39 is 11.7 Å². The van der Waals surface area contributed by atoms with E-state index in [1.54, 1.807) is 34.0 Å². The number of nitrogens with zero attached hydrogens (tertiary/aromatic N) is 2. The zero-order valence-electron chi connectivity index (χ0n) is 12.9. The van der Waals surface area contributed by atoms with E-state index in [2.05, 4.69) is 15.7 Å². The molecule has 0 saturated carbocycles. The fraction of sp³-hybridized carbons (Fsp3) is 0.615. The predicted molar refractivity (Wildman–Crippen MR) is 78.8 cm³/mol. The summed E-state index contributed by atoms with van der Waals surface area (Å²) in [6.07, 6.45) is 1.68. The summed E-state index contributed by atoms with van der Waals surface area (Å²) in [4.78, 5) is 23.2. The van der Waals surface area contributed by atoms with Gasteiger partial charge in [0.1, 0.15) is 5.60 Å². The minimum absolute atomic E-state index is 0.206. The van der Waals surface area contributed by atoms with E-state index in [1.807, 2.05) is 0 Å². The van der Waals surface area contributed by atoms with Crippen molar-refractivity contribution in [3.05, 3.63) is 11.9 Å². The number of ether oxygens (including phenoxy) is 1. The molecule has 0 spiro atoms. The third kappa shape index (κ3) is 6.15. The van der Waals surface area contributed by atoms with Crippen molar-refractivity contribution in [1.29, 1.82) is 0 Å². The summed E-state index contributed by atoms with van der Waals surface area (Å²) in [5, 5.41) is 9.27. The highest BCUT2D eigenvalue weighted by atomic mass is 16.6. The SMILES string of the molecule is Cn1cc(N)c(C(=O)NCCCNC(=O)OC(C)(C)C)n1. The third-order valence-corrected chi connectivity index (χ3v) is 2.38. The Morgan fingerprint density at radius 1 is 1.33 bits per heavy atom. The molecule has 0 aliphatic carbocycles. The topological polar surface area (TPSA) is 111 Å². The van der Waals surface area contributed by atoms with E-state index in [9.17, 15) is 9.59 Å². The highest BCUT2D eigenvalue weighted by molar-refractivity contribution is 5.96. The van der Waals surface area contributed by atoms with Crippen LogP contribution in [0.15, 0.2) is 6.20 Å². The number of carbonyl (C=O) groups excluding carboxylic acids is 2. The van der Waals surface area contributed by atoms with Gasteiger partial charge in [0, 0.05) is 26.3 Å². The summed E-state index contributed by atoms with van der Waals surface area (Å²) in [5.74, 6) is -0.328. The number of aryl methyl sites for hydroxylation is 1. The standard InChI is InChI=1S/C13H23N5O3/c1-13(2,3)21-12(20)16-7-5-6-15-11(19)10-9(14)8-18(4)17-10/h8H,5-7,14H2,1-4H3,(H,15,19)(H,16,20). The van der Waals surface area contributed by atoms with Gasteiger partial charge in [0.15, 0.2) is 5.69 Å². The van der Waals surface area contributed by atoms with Crippen molar-refractivity contribution in [2.75, 3.05) is 18.8 Å². The number of carbonyl (C=O) groups is 2. The first-order chi connectivity index (χ1) is 9.69. The number of rotatable bonds is 5. The van der Waals surface area contributed by atoms with Crippen LogP contribution in [0, 0.1) is 0 Å². The van der Waals surface area contributed by atoms with Gasteiger partial charge in [-0.15, -0.1) is 0 Å². The summed E-state index contributed by atoms with van der Waals surface area (Å²) in [5.41, 5.74) is 5.68. The fourth-order valence-corrected chi connectivity index (χ4v) is 1.56. The molecule has 0 fully saturated rings. The molecule has 0 aromatic carbocycles. The van der Waals surface area contributed by atoms with E-state index in [0.29, 0.717) is 25.2 Å². The summed E-state index contributed by atoms with van der Waals surface area (Å²) in [6, 6.07) is 0. The van der Waals surface area contributed by atoms with Crippen LogP contribution >= 0.6 is 0 Å². The van der Waals surface area contributed by atoms with Crippen LogP contribution in [0.25, 0.3) is 0 Å². The number of amides is 2. The largest absolute Gasteiger partial charge is 0.444 e. The third-order valence-electron chi connectivity index (χ3n) is 2.38. The van der Waals surface area contributed by atoms with Crippen molar-refractivity contribution >= 4 is 17.7 Å². The van der Waals surface area contributed by atoms with Gasteiger partial charge < -0.3 is 21.1 Å². The van der Waals surface area contributed by atoms with Crippen LogP contribution in [0.4, 0.5) is 10.5 Å². The smallest absolute Gasteiger partial charge is 0.407 e. The summed E-state index contributed by atoms with van der Waals surface area (Å²) in [7, 11) is 1.69. The van der Waals surface area contributed by atoms with E-state index >= 15 is 0 Å². The molecule has 0 saturated heterocycles. The zero-order chi connectivity index (χ0) is 16.0. The number of nitrogens with two attached hydrogens (primary N) is 1. The molecule has 1 aromatic rings. The lowest BCUT2D eigenvalue weighted by molar-refractivity contribution is 0.0527. The Balaban J connectivity index is 2.21. The Kier molecular flexibility index (Phi) is 5.57. The van der Waals surface area contributed by atoms with Gasteiger partial charge in [0.05, 0.1) is 5.69 Å². The number of hydrogen-bond donors (Lipinski definition) is 3. The second-order valence-corrected chi connectivity index (χ2v) is 5.64. The Morgan fingerprint density at radius 2 is 1.95 bits per heavy atom. The van der Waals surface area contributed by atoms with E-state index in [1.165, 1.54) is 4.68 Å². The predicted octanol–water partition coefficient (Wildman–Crippen LogP) is 0.647. The number of nitrogens with one attached hydrogen (secondary N) is 2. The first kappa shape index (κ1) is 16.8. The van der Waals surface area contributed by atoms with Gasteiger partial charge in [-0.1, -0.05) is 0 Å². The Bertz CT molecular complexity index is 504. The number of hydrogen-bond acceptors (Lipinski definition) is 5. The molecular weight excluding hydrogens is 274 g/mol. The average Bonchev–Trinajstić information content (AvgIpc) is 2.65.